The van der Waals surface area contributed by atoms with Crippen LogP contribution in [-0.2, 0) is 11.3 Å². The van der Waals surface area contributed by atoms with Gasteiger partial charge in [0, 0.05) is 29.5 Å². The van der Waals surface area contributed by atoms with Gasteiger partial charge in [-0.3, -0.25) is 14.6 Å². The van der Waals surface area contributed by atoms with Gasteiger partial charge < -0.3 is 15.0 Å². The number of carboxylic acids is 1. The summed E-state index contributed by atoms with van der Waals surface area (Å²) >= 11 is 0. The molecule has 0 aliphatic heterocycles. The Balaban J connectivity index is 2.15. The Hall–Kier alpha value is -2.63. The predicted molar refractivity (Wildman–Crippen MR) is 95.7 cm³/mol. The summed E-state index contributed by atoms with van der Waals surface area (Å²) in [6.07, 6.45) is 2.15. The standard InChI is InChI=1S/C19H25N3O3/c1-13-11-16(18(25)21-19(3,4)9-8-17(23)24)14(2)22(13)12-15-7-5-6-10-20-15/h5-7,10-11H,8-9,12H2,1-4H3,(H,21,25)(H,23,24). The molecular formula is C19H25N3O3. The van der Waals surface area contributed by atoms with E-state index in [1.54, 1.807) is 6.20 Å². The van der Waals surface area contributed by atoms with Crippen molar-refractivity contribution < 1.29 is 14.7 Å². The van der Waals surface area contributed by atoms with E-state index < -0.39 is 11.5 Å². The highest BCUT2D eigenvalue weighted by Crippen LogP contribution is 2.19. The third kappa shape index (κ3) is 4.92. The number of amides is 1. The topological polar surface area (TPSA) is 84.2 Å². The van der Waals surface area contributed by atoms with Crippen molar-refractivity contribution in [2.75, 3.05) is 0 Å². The molecule has 6 heteroatoms. The van der Waals surface area contributed by atoms with Crippen molar-refractivity contribution in [3.8, 4) is 0 Å². The summed E-state index contributed by atoms with van der Waals surface area (Å²) in [5.41, 5.74) is 2.81. The van der Waals surface area contributed by atoms with Gasteiger partial charge in [0.05, 0.1) is 17.8 Å². The molecule has 2 heterocycles. The van der Waals surface area contributed by atoms with E-state index in [1.807, 2.05) is 52.0 Å². The molecule has 2 N–H and O–H groups in total. The molecule has 0 spiro atoms. The summed E-state index contributed by atoms with van der Waals surface area (Å²) in [7, 11) is 0. The van der Waals surface area contributed by atoms with Gasteiger partial charge in [-0.25, -0.2) is 0 Å². The quantitative estimate of drug-likeness (QED) is 0.809. The number of nitrogens with zero attached hydrogens (tertiary/aromatic N) is 2. The first-order chi connectivity index (χ1) is 11.7. The molecule has 0 aromatic carbocycles. The Morgan fingerprint density at radius 3 is 2.60 bits per heavy atom. The smallest absolute Gasteiger partial charge is 0.303 e. The molecule has 0 saturated carbocycles. The number of aromatic nitrogens is 2. The van der Waals surface area contributed by atoms with Crippen molar-refractivity contribution in [2.45, 2.75) is 52.6 Å². The number of hydrogen-bond acceptors (Lipinski definition) is 3. The second-order valence-electron chi connectivity index (χ2n) is 6.92. The van der Waals surface area contributed by atoms with E-state index >= 15 is 0 Å². The Bertz CT molecular complexity index is 764. The lowest BCUT2D eigenvalue weighted by Crippen LogP contribution is -2.43. The lowest BCUT2D eigenvalue weighted by molar-refractivity contribution is -0.137. The van der Waals surface area contributed by atoms with Crippen LogP contribution in [-0.4, -0.2) is 32.1 Å². The Morgan fingerprint density at radius 1 is 1.28 bits per heavy atom. The van der Waals surface area contributed by atoms with Gasteiger partial charge >= 0.3 is 5.97 Å². The maximum absolute atomic E-state index is 12.7. The lowest BCUT2D eigenvalue weighted by atomic mass is 9.98. The molecule has 2 aromatic rings. The Morgan fingerprint density at radius 2 is 2.00 bits per heavy atom. The zero-order valence-electron chi connectivity index (χ0n) is 15.2. The molecule has 0 bridgehead atoms. The highest BCUT2D eigenvalue weighted by atomic mass is 16.4. The third-order valence-electron chi connectivity index (χ3n) is 4.28. The number of carbonyl (C=O) groups excluding carboxylic acids is 1. The van der Waals surface area contributed by atoms with Crippen LogP contribution < -0.4 is 5.32 Å². The summed E-state index contributed by atoms with van der Waals surface area (Å²) < 4.78 is 2.06. The maximum Gasteiger partial charge on any atom is 0.303 e. The molecule has 0 radical (unpaired) electrons. The van der Waals surface area contributed by atoms with E-state index in [9.17, 15) is 9.59 Å². The Kier molecular flexibility index (Phi) is 5.62. The minimum Gasteiger partial charge on any atom is -0.481 e. The number of carboxylic acid groups (broad SMARTS) is 1. The molecule has 0 atom stereocenters. The van der Waals surface area contributed by atoms with Gasteiger partial charge in [0.25, 0.3) is 5.91 Å². The van der Waals surface area contributed by atoms with E-state index in [0.717, 1.165) is 17.1 Å². The van der Waals surface area contributed by atoms with Gasteiger partial charge in [-0.1, -0.05) is 6.07 Å². The van der Waals surface area contributed by atoms with Gasteiger partial charge in [0.15, 0.2) is 0 Å². The van der Waals surface area contributed by atoms with Crippen LogP contribution in [0.5, 0.6) is 0 Å². The summed E-state index contributed by atoms with van der Waals surface area (Å²) in [5.74, 6) is -1.05. The molecule has 0 aliphatic rings. The highest BCUT2D eigenvalue weighted by Gasteiger charge is 2.24. The molecular weight excluding hydrogens is 318 g/mol. The summed E-state index contributed by atoms with van der Waals surface area (Å²) in [6.45, 7) is 8.15. The van der Waals surface area contributed by atoms with E-state index in [2.05, 4.69) is 14.9 Å². The number of hydrogen-bond donors (Lipinski definition) is 2. The van der Waals surface area contributed by atoms with Crippen LogP contribution in [0.1, 0.15) is 54.1 Å². The van der Waals surface area contributed by atoms with Crippen molar-refractivity contribution in [1.29, 1.82) is 0 Å². The van der Waals surface area contributed by atoms with Crippen LogP contribution in [0.3, 0.4) is 0 Å². The van der Waals surface area contributed by atoms with Crippen molar-refractivity contribution in [3.05, 3.63) is 53.1 Å². The summed E-state index contributed by atoms with van der Waals surface area (Å²) in [6, 6.07) is 7.63. The van der Waals surface area contributed by atoms with Crippen molar-refractivity contribution >= 4 is 11.9 Å². The molecule has 25 heavy (non-hydrogen) atoms. The van der Waals surface area contributed by atoms with Crippen LogP contribution in [0.25, 0.3) is 0 Å². The van der Waals surface area contributed by atoms with Gasteiger partial charge in [0.1, 0.15) is 0 Å². The first-order valence-corrected chi connectivity index (χ1v) is 8.30. The SMILES string of the molecule is Cc1cc(C(=O)NC(C)(C)CCC(=O)O)c(C)n1Cc1ccccn1. The van der Waals surface area contributed by atoms with Crippen LogP contribution in [0.4, 0.5) is 0 Å². The van der Waals surface area contributed by atoms with E-state index in [1.165, 1.54) is 0 Å². The van der Waals surface area contributed by atoms with Crippen molar-refractivity contribution in [2.24, 2.45) is 0 Å². The molecule has 0 unspecified atom stereocenters. The minimum atomic E-state index is -0.865. The lowest BCUT2D eigenvalue weighted by Gasteiger charge is -2.25. The molecule has 0 aliphatic carbocycles. The fourth-order valence-corrected chi connectivity index (χ4v) is 2.78. The summed E-state index contributed by atoms with van der Waals surface area (Å²) in [4.78, 5) is 27.7. The zero-order valence-corrected chi connectivity index (χ0v) is 15.2. The van der Waals surface area contributed by atoms with Crippen molar-refractivity contribution in [1.82, 2.24) is 14.9 Å². The first-order valence-electron chi connectivity index (χ1n) is 8.30. The average Bonchev–Trinajstić information content (AvgIpc) is 2.82. The monoisotopic (exact) mass is 343 g/mol. The van der Waals surface area contributed by atoms with Crippen molar-refractivity contribution in [3.63, 3.8) is 0 Å². The molecule has 1 amide bonds. The van der Waals surface area contributed by atoms with Crippen LogP contribution in [0.2, 0.25) is 0 Å². The van der Waals surface area contributed by atoms with E-state index in [0.29, 0.717) is 18.5 Å². The van der Waals surface area contributed by atoms with E-state index in [4.69, 9.17) is 5.11 Å². The average molecular weight is 343 g/mol. The van der Waals surface area contributed by atoms with Gasteiger partial charge in [0.2, 0.25) is 0 Å². The van der Waals surface area contributed by atoms with Gasteiger partial charge in [-0.15, -0.1) is 0 Å². The van der Waals surface area contributed by atoms with Crippen LogP contribution in [0, 0.1) is 13.8 Å². The molecule has 134 valence electrons. The molecule has 6 nitrogen and oxygen atoms in total. The molecule has 0 saturated heterocycles. The largest absolute Gasteiger partial charge is 0.481 e. The number of nitrogens with one attached hydrogen (secondary N) is 1. The second-order valence-corrected chi connectivity index (χ2v) is 6.92. The number of aliphatic carboxylic acids is 1. The molecule has 2 rings (SSSR count). The summed E-state index contributed by atoms with van der Waals surface area (Å²) in [5, 5.41) is 11.8. The second kappa shape index (κ2) is 7.51. The maximum atomic E-state index is 12.7. The number of pyridine rings is 1. The number of aryl methyl sites for hydroxylation is 1. The Labute approximate surface area is 147 Å². The highest BCUT2D eigenvalue weighted by molar-refractivity contribution is 5.96. The minimum absolute atomic E-state index is 0.0198. The zero-order chi connectivity index (χ0) is 18.6. The molecule has 0 fully saturated rings. The fourth-order valence-electron chi connectivity index (χ4n) is 2.78. The predicted octanol–water partition coefficient (Wildman–Crippen LogP) is 2.92. The first kappa shape index (κ1) is 18.7. The number of rotatable bonds is 7. The van der Waals surface area contributed by atoms with Crippen LogP contribution in [0.15, 0.2) is 30.5 Å². The number of carbonyl (C=O) groups is 2. The van der Waals surface area contributed by atoms with Crippen LogP contribution >= 0.6 is 0 Å². The van der Waals surface area contributed by atoms with Gasteiger partial charge in [-0.05, 0) is 52.3 Å². The normalized spacial score (nSPS) is 11.4. The fraction of sp³-hybridized carbons (Fsp3) is 0.421. The molecule has 2 aromatic heterocycles. The van der Waals surface area contributed by atoms with Gasteiger partial charge in [-0.2, -0.15) is 0 Å². The third-order valence-corrected chi connectivity index (χ3v) is 4.28. The van der Waals surface area contributed by atoms with E-state index in [-0.39, 0.29) is 12.3 Å².